The molecule has 0 bridgehead atoms. The molecule has 28 heavy (non-hydrogen) atoms. The molecule has 148 valence electrons. The molecule has 10 heteroatoms. The van der Waals surface area contributed by atoms with Crippen LogP contribution >= 0.6 is 11.6 Å². The highest BCUT2D eigenvalue weighted by molar-refractivity contribution is 6.31. The summed E-state index contributed by atoms with van der Waals surface area (Å²) in [5, 5.41) is 19.2. The van der Waals surface area contributed by atoms with E-state index in [0.29, 0.717) is 35.7 Å². The third-order valence-corrected chi connectivity index (χ3v) is 5.57. The van der Waals surface area contributed by atoms with E-state index in [-0.39, 0.29) is 12.0 Å². The monoisotopic (exact) mass is 406 g/mol. The number of anilines is 1. The highest BCUT2D eigenvalue weighted by Crippen LogP contribution is 2.33. The Morgan fingerprint density at radius 2 is 2.18 bits per heavy atom. The maximum Gasteiger partial charge on any atom is 0.325 e. The number of rotatable bonds is 4. The minimum absolute atomic E-state index is 0.0664. The van der Waals surface area contributed by atoms with E-state index in [1.54, 1.807) is 18.5 Å². The van der Waals surface area contributed by atoms with Crippen molar-refractivity contribution in [1.82, 2.24) is 20.6 Å². The van der Waals surface area contributed by atoms with Gasteiger partial charge in [-0.1, -0.05) is 24.4 Å². The quantitative estimate of drug-likeness (QED) is 0.511. The van der Waals surface area contributed by atoms with Crippen molar-refractivity contribution in [1.29, 1.82) is 0 Å². The molecule has 8 nitrogen and oxygen atoms in total. The van der Waals surface area contributed by atoms with Gasteiger partial charge in [0.15, 0.2) is 17.5 Å². The smallest absolute Gasteiger partial charge is 0.325 e. The Morgan fingerprint density at radius 3 is 2.96 bits per heavy atom. The number of fused-ring (bicyclic) bond motifs is 1. The zero-order valence-corrected chi connectivity index (χ0v) is 15.6. The lowest BCUT2D eigenvalue weighted by Gasteiger charge is -2.38. The third kappa shape index (κ3) is 3.20. The van der Waals surface area contributed by atoms with Crippen molar-refractivity contribution >= 4 is 29.0 Å². The van der Waals surface area contributed by atoms with E-state index < -0.39 is 23.4 Å². The van der Waals surface area contributed by atoms with Crippen LogP contribution in [0.1, 0.15) is 31.5 Å². The fourth-order valence-corrected chi connectivity index (χ4v) is 3.94. The van der Waals surface area contributed by atoms with Gasteiger partial charge in [0.1, 0.15) is 11.7 Å². The lowest BCUT2D eigenvalue weighted by Crippen LogP contribution is -2.61. The van der Waals surface area contributed by atoms with Gasteiger partial charge >= 0.3 is 5.97 Å². The van der Waals surface area contributed by atoms with E-state index >= 15 is 0 Å². The zero-order chi connectivity index (χ0) is 19.9. The number of halogens is 2. The molecule has 3 aliphatic rings. The Morgan fingerprint density at radius 1 is 1.39 bits per heavy atom. The van der Waals surface area contributed by atoms with Crippen molar-refractivity contribution in [3.05, 3.63) is 46.9 Å². The summed E-state index contributed by atoms with van der Waals surface area (Å²) in [6.45, 7) is 0. The summed E-state index contributed by atoms with van der Waals surface area (Å²) in [6, 6.07) is -0.632. The van der Waals surface area contributed by atoms with Crippen LogP contribution in [0.15, 0.2) is 35.3 Å². The highest BCUT2D eigenvalue weighted by Gasteiger charge is 2.44. The first-order chi connectivity index (χ1) is 13.4. The molecule has 3 atom stereocenters. The molecule has 1 aliphatic carbocycles. The minimum Gasteiger partial charge on any atom is -0.480 e. The first kappa shape index (κ1) is 18.7. The lowest BCUT2D eigenvalue weighted by atomic mass is 9.78. The molecule has 1 aromatic heterocycles. The minimum atomic E-state index is -1.47. The van der Waals surface area contributed by atoms with Crippen molar-refractivity contribution < 1.29 is 14.3 Å². The van der Waals surface area contributed by atoms with E-state index in [4.69, 9.17) is 17.3 Å². The zero-order valence-electron chi connectivity index (χ0n) is 14.9. The molecule has 3 heterocycles. The van der Waals surface area contributed by atoms with E-state index in [1.165, 1.54) is 0 Å². The second-order valence-corrected chi connectivity index (χ2v) is 7.57. The third-order valence-electron chi connectivity index (χ3n) is 5.35. The van der Waals surface area contributed by atoms with Crippen molar-refractivity contribution in [2.24, 2.45) is 5.73 Å². The van der Waals surface area contributed by atoms with Crippen LogP contribution in [0.3, 0.4) is 0 Å². The highest BCUT2D eigenvalue weighted by atomic mass is 35.5. The average molecular weight is 407 g/mol. The fraction of sp³-hybridized carbons (Fsp3) is 0.389. The van der Waals surface area contributed by atoms with Gasteiger partial charge in [0.05, 0.1) is 17.3 Å². The molecule has 1 saturated carbocycles. The molecule has 0 spiro atoms. The SMILES string of the molecule is N[C@]1(C(=O)O)CCCC[C@@H]1Nc1nc(C2=CNC3NC=C(Cl)C=C23)ncc1F. The van der Waals surface area contributed by atoms with E-state index in [1.807, 2.05) is 0 Å². The van der Waals surface area contributed by atoms with Crippen molar-refractivity contribution in [2.75, 3.05) is 5.32 Å². The van der Waals surface area contributed by atoms with Gasteiger partial charge in [0.25, 0.3) is 0 Å². The Hall–Kier alpha value is -2.65. The predicted molar refractivity (Wildman–Crippen MR) is 102 cm³/mol. The number of nitrogens with two attached hydrogens (primary N) is 1. The number of nitrogens with zero attached hydrogens (tertiary/aromatic N) is 2. The van der Waals surface area contributed by atoms with Crippen LogP contribution in [0.4, 0.5) is 10.2 Å². The molecule has 6 N–H and O–H groups in total. The van der Waals surface area contributed by atoms with Crippen molar-refractivity contribution in [3.8, 4) is 0 Å². The van der Waals surface area contributed by atoms with Gasteiger partial charge in [-0.3, -0.25) is 4.79 Å². The molecule has 0 amide bonds. The van der Waals surface area contributed by atoms with Gasteiger partial charge in [-0.15, -0.1) is 0 Å². The van der Waals surface area contributed by atoms with Crippen LogP contribution in [0.5, 0.6) is 0 Å². The number of hydrogen-bond donors (Lipinski definition) is 5. The van der Waals surface area contributed by atoms with Gasteiger partial charge in [-0.2, -0.15) is 0 Å². The van der Waals surface area contributed by atoms with Crippen LogP contribution in [-0.4, -0.2) is 38.8 Å². The molecule has 1 aromatic rings. The number of carboxylic acids is 1. The van der Waals surface area contributed by atoms with E-state index in [0.717, 1.165) is 18.2 Å². The largest absolute Gasteiger partial charge is 0.480 e. The number of aliphatic carboxylic acids is 1. The summed E-state index contributed by atoms with van der Waals surface area (Å²) in [6.07, 6.45) is 8.45. The number of hydrogen-bond acceptors (Lipinski definition) is 7. The Bertz CT molecular complexity index is 917. The van der Waals surface area contributed by atoms with Gasteiger partial charge in [-0.25, -0.2) is 14.4 Å². The number of carbonyl (C=O) groups is 1. The summed E-state index contributed by atoms with van der Waals surface area (Å²) in [7, 11) is 0. The second kappa shape index (κ2) is 7.06. The molecule has 0 radical (unpaired) electrons. The van der Waals surface area contributed by atoms with Gasteiger partial charge < -0.3 is 26.8 Å². The van der Waals surface area contributed by atoms with Gasteiger partial charge in [-0.05, 0) is 18.9 Å². The summed E-state index contributed by atoms with van der Waals surface area (Å²) < 4.78 is 14.4. The Kier molecular flexibility index (Phi) is 4.72. The number of nitrogens with one attached hydrogen (secondary N) is 3. The molecule has 2 aliphatic heterocycles. The van der Waals surface area contributed by atoms with Gasteiger partial charge in [0.2, 0.25) is 0 Å². The Balaban J connectivity index is 1.63. The molecular formula is C18H20ClFN6O2. The van der Waals surface area contributed by atoms with Crippen LogP contribution in [0.2, 0.25) is 0 Å². The predicted octanol–water partition coefficient (Wildman–Crippen LogP) is 1.63. The number of aromatic nitrogens is 2. The normalized spacial score (nSPS) is 28.9. The van der Waals surface area contributed by atoms with Crippen LogP contribution in [0.25, 0.3) is 5.57 Å². The molecule has 1 fully saturated rings. The topological polar surface area (TPSA) is 125 Å². The van der Waals surface area contributed by atoms with Gasteiger partial charge in [0, 0.05) is 23.5 Å². The molecule has 0 saturated heterocycles. The van der Waals surface area contributed by atoms with Crippen molar-refractivity contribution in [2.45, 2.75) is 43.4 Å². The van der Waals surface area contributed by atoms with Crippen LogP contribution in [-0.2, 0) is 4.79 Å². The van der Waals surface area contributed by atoms with E-state index in [9.17, 15) is 14.3 Å². The van der Waals surface area contributed by atoms with Crippen LogP contribution < -0.4 is 21.7 Å². The standard InChI is InChI=1S/C18H20ClFN6O2/c19-9-5-10-11(7-23-14(10)22-6-9)15-24-8-12(20)16(26-15)25-13-3-1-2-4-18(13,21)17(27)28/h5-8,13-14,22-23H,1-4,21H2,(H,27,28)(H,24,25,26)/t13-,14?,18+/m0/s1. The van der Waals surface area contributed by atoms with E-state index in [2.05, 4.69) is 25.9 Å². The molecular weight excluding hydrogens is 387 g/mol. The molecule has 4 rings (SSSR count). The second-order valence-electron chi connectivity index (χ2n) is 7.13. The molecule has 0 aromatic carbocycles. The first-order valence-corrected chi connectivity index (χ1v) is 9.38. The summed E-state index contributed by atoms with van der Waals surface area (Å²) >= 11 is 6.07. The fourth-order valence-electron chi connectivity index (χ4n) is 3.76. The van der Waals surface area contributed by atoms with Crippen molar-refractivity contribution in [3.63, 3.8) is 0 Å². The lowest BCUT2D eigenvalue weighted by molar-refractivity contribution is -0.145. The number of carboxylic acid groups (broad SMARTS) is 1. The molecule has 1 unspecified atom stereocenters. The van der Waals surface area contributed by atoms with Crippen LogP contribution in [0, 0.1) is 5.82 Å². The maximum absolute atomic E-state index is 14.4. The number of dihydropyridines is 1. The maximum atomic E-state index is 14.4. The Labute approximate surface area is 165 Å². The summed E-state index contributed by atoms with van der Waals surface area (Å²) in [4.78, 5) is 20.1. The number of allylic oxidation sites excluding steroid dienone is 2. The first-order valence-electron chi connectivity index (χ1n) is 9.00. The average Bonchev–Trinajstić information content (AvgIpc) is 3.08. The summed E-state index contributed by atoms with van der Waals surface area (Å²) in [5.41, 5.74) is 6.16. The summed E-state index contributed by atoms with van der Waals surface area (Å²) in [5.74, 6) is -1.54.